The molecule has 0 saturated carbocycles. The Morgan fingerprint density at radius 1 is 0.943 bits per heavy atom. The van der Waals surface area contributed by atoms with Gasteiger partial charge in [0.25, 0.3) is 5.91 Å². The van der Waals surface area contributed by atoms with Gasteiger partial charge in [-0.2, -0.15) is 0 Å². The molecule has 35 heavy (non-hydrogen) atoms. The summed E-state index contributed by atoms with van der Waals surface area (Å²) < 4.78 is 10.9. The van der Waals surface area contributed by atoms with E-state index in [1.807, 2.05) is 65.6 Å². The van der Waals surface area contributed by atoms with Crippen LogP contribution in [0.25, 0.3) is 22.2 Å². The molecule has 0 spiro atoms. The standard InChI is InChI=1S/C28H24ClN3O3/c29-23-7-3-1-6-21(23)25-16-22(20-5-2-4-8-24(20)30-25)28(33)32-13-11-31(12-14-32)17-19-9-10-26-27(15-19)35-18-34-26/h1-10,15-16H,11-14,17-18H2/p+1. The molecule has 1 aromatic heterocycles. The van der Waals surface area contributed by atoms with Gasteiger partial charge in [-0.25, -0.2) is 4.98 Å². The lowest BCUT2D eigenvalue weighted by Gasteiger charge is -2.32. The summed E-state index contributed by atoms with van der Waals surface area (Å²) in [5.41, 5.74) is 4.22. The van der Waals surface area contributed by atoms with Crippen LogP contribution < -0.4 is 14.4 Å². The summed E-state index contributed by atoms with van der Waals surface area (Å²) in [7, 11) is 0. The van der Waals surface area contributed by atoms with Crippen LogP contribution >= 0.6 is 11.6 Å². The summed E-state index contributed by atoms with van der Waals surface area (Å²) in [5, 5.41) is 1.48. The highest BCUT2D eigenvalue weighted by Crippen LogP contribution is 2.32. The van der Waals surface area contributed by atoms with Gasteiger partial charge in [0.05, 0.1) is 43.0 Å². The second-order valence-electron chi connectivity index (χ2n) is 8.96. The van der Waals surface area contributed by atoms with Crippen molar-refractivity contribution in [2.45, 2.75) is 6.54 Å². The molecule has 1 amide bonds. The number of aromatic nitrogens is 1. The van der Waals surface area contributed by atoms with Crippen molar-refractivity contribution in [2.24, 2.45) is 0 Å². The number of carbonyl (C=O) groups excluding carboxylic acids is 1. The Labute approximate surface area is 208 Å². The van der Waals surface area contributed by atoms with Crippen LogP contribution in [-0.4, -0.2) is 48.8 Å². The number of hydrogen-bond donors (Lipinski definition) is 1. The van der Waals surface area contributed by atoms with Gasteiger partial charge in [0.1, 0.15) is 6.54 Å². The predicted octanol–water partition coefficient (Wildman–Crippen LogP) is 3.82. The van der Waals surface area contributed by atoms with E-state index in [1.54, 1.807) is 0 Å². The third kappa shape index (κ3) is 4.31. The normalized spacial score (nSPS) is 15.5. The number of carbonyl (C=O) groups is 1. The Bertz CT molecular complexity index is 1420. The molecule has 1 N–H and O–H groups in total. The smallest absolute Gasteiger partial charge is 0.255 e. The Morgan fingerprint density at radius 2 is 1.71 bits per heavy atom. The monoisotopic (exact) mass is 486 g/mol. The molecular weight excluding hydrogens is 462 g/mol. The van der Waals surface area contributed by atoms with Gasteiger partial charge in [-0.3, -0.25) is 4.79 Å². The maximum Gasteiger partial charge on any atom is 0.255 e. The number of amides is 1. The van der Waals surface area contributed by atoms with Crippen molar-refractivity contribution < 1.29 is 19.2 Å². The van der Waals surface area contributed by atoms with Gasteiger partial charge in [0.15, 0.2) is 11.5 Å². The average Bonchev–Trinajstić information content (AvgIpc) is 3.36. The Balaban J connectivity index is 1.21. The topological polar surface area (TPSA) is 56.1 Å². The van der Waals surface area contributed by atoms with Crippen LogP contribution in [0.5, 0.6) is 11.5 Å². The minimum Gasteiger partial charge on any atom is -0.454 e. The van der Waals surface area contributed by atoms with Crippen molar-refractivity contribution in [3.8, 4) is 22.8 Å². The number of quaternary nitrogens is 1. The summed E-state index contributed by atoms with van der Waals surface area (Å²) in [5.74, 6) is 1.66. The molecule has 0 radical (unpaired) electrons. The van der Waals surface area contributed by atoms with E-state index in [-0.39, 0.29) is 12.7 Å². The first-order valence-electron chi connectivity index (χ1n) is 11.8. The van der Waals surface area contributed by atoms with E-state index in [9.17, 15) is 4.79 Å². The van der Waals surface area contributed by atoms with E-state index in [1.165, 1.54) is 10.5 Å². The third-order valence-corrected chi connectivity index (χ3v) is 7.07. The molecule has 0 bridgehead atoms. The zero-order valence-corrected chi connectivity index (χ0v) is 19.9. The number of nitrogens with zero attached hydrogens (tertiary/aromatic N) is 2. The van der Waals surface area contributed by atoms with E-state index in [0.29, 0.717) is 29.4 Å². The van der Waals surface area contributed by atoms with Crippen molar-refractivity contribution >= 4 is 28.4 Å². The fourth-order valence-electron chi connectivity index (χ4n) is 4.87. The lowest BCUT2D eigenvalue weighted by atomic mass is 10.0. The number of benzene rings is 3. The number of pyridine rings is 1. The van der Waals surface area contributed by atoms with Crippen molar-refractivity contribution in [1.82, 2.24) is 9.88 Å². The molecule has 7 heteroatoms. The maximum absolute atomic E-state index is 13.7. The minimum atomic E-state index is 0.0408. The van der Waals surface area contributed by atoms with Gasteiger partial charge in [-0.15, -0.1) is 0 Å². The molecule has 0 aliphatic carbocycles. The SMILES string of the molecule is O=C(c1cc(-c2ccccc2Cl)nc2ccccc12)N1CC[NH+](Cc2ccc3c(c2)OCO3)CC1. The molecule has 6 nitrogen and oxygen atoms in total. The van der Waals surface area contributed by atoms with Crippen LogP contribution in [0.4, 0.5) is 0 Å². The highest BCUT2D eigenvalue weighted by atomic mass is 35.5. The first kappa shape index (κ1) is 21.9. The Hall–Kier alpha value is -3.61. The fraction of sp³-hybridized carbons (Fsp3) is 0.214. The molecular formula is C28H25ClN3O3+. The van der Waals surface area contributed by atoms with Crippen LogP contribution in [0.1, 0.15) is 15.9 Å². The largest absolute Gasteiger partial charge is 0.454 e. The number of rotatable bonds is 4. The highest BCUT2D eigenvalue weighted by Gasteiger charge is 2.27. The highest BCUT2D eigenvalue weighted by molar-refractivity contribution is 6.33. The van der Waals surface area contributed by atoms with E-state index in [2.05, 4.69) is 12.1 Å². The Morgan fingerprint density at radius 3 is 2.57 bits per heavy atom. The average molecular weight is 487 g/mol. The molecule has 0 unspecified atom stereocenters. The second kappa shape index (κ2) is 9.21. The molecule has 6 rings (SSSR count). The van der Waals surface area contributed by atoms with Crippen LogP contribution in [-0.2, 0) is 6.54 Å². The molecule has 2 aliphatic rings. The van der Waals surface area contributed by atoms with Gasteiger partial charge in [-0.1, -0.05) is 48.0 Å². The summed E-state index contributed by atoms with van der Waals surface area (Å²) in [6.45, 7) is 4.37. The molecule has 1 saturated heterocycles. The third-order valence-electron chi connectivity index (χ3n) is 6.75. The molecule has 2 aliphatic heterocycles. The lowest BCUT2D eigenvalue weighted by Crippen LogP contribution is -3.13. The number of para-hydroxylation sites is 1. The van der Waals surface area contributed by atoms with Crippen molar-refractivity contribution in [1.29, 1.82) is 0 Å². The minimum absolute atomic E-state index is 0.0408. The van der Waals surface area contributed by atoms with Gasteiger partial charge >= 0.3 is 0 Å². The molecule has 176 valence electrons. The number of halogens is 1. The van der Waals surface area contributed by atoms with Crippen molar-refractivity contribution in [2.75, 3.05) is 33.0 Å². The van der Waals surface area contributed by atoms with Crippen LogP contribution in [0.3, 0.4) is 0 Å². The summed E-state index contributed by atoms with van der Waals surface area (Å²) >= 11 is 6.45. The number of hydrogen-bond acceptors (Lipinski definition) is 4. The number of nitrogens with one attached hydrogen (secondary N) is 1. The number of ether oxygens (including phenoxy) is 2. The van der Waals surface area contributed by atoms with Crippen molar-refractivity contribution in [3.63, 3.8) is 0 Å². The van der Waals surface area contributed by atoms with Gasteiger partial charge in [-0.05, 0) is 36.4 Å². The number of fused-ring (bicyclic) bond motifs is 2. The molecule has 3 heterocycles. The lowest BCUT2D eigenvalue weighted by molar-refractivity contribution is -0.917. The zero-order chi connectivity index (χ0) is 23.8. The molecule has 1 fully saturated rings. The summed E-state index contributed by atoms with van der Waals surface area (Å²) in [4.78, 5) is 21.9. The van der Waals surface area contributed by atoms with Crippen molar-refractivity contribution in [3.05, 3.63) is 88.9 Å². The predicted molar refractivity (Wildman–Crippen MR) is 135 cm³/mol. The zero-order valence-electron chi connectivity index (χ0n) is 19.2. The van der Waals surface area contributed by atoms with E-state index >= 15 is 0 Å². The van der Waals surface area contributed by atoms with E-state index in [4.69, 9.17) is 26.1 Å². The van der Waals surface area contributed by atoms with Crippen LogP contribution in [0.2, 0.25) is 5.02 Å². The van der Waals surface area contributed by atoms with Gasteiger partial charge in [0, 0.05) is 21.5 Å². The van der Waals surface area contributed by atoms with E-state index < -0.39 is 0 Å². The number of piperazine rings is 1. The fourth-order valence-corrected chi connectivity index (χ4v) is 5.10. The van der Waals surface area contributed by atoms with Crippen LogP contribution in [0, 0.1) is 0 Å². The summed E-state index contributed by atoms with van der Waals surface area (Å²) in [6, 6.07) is 23.4. The van der Waals surface area contributed by atoms with Gasteiger partial charge < -0.3 is 19.3 Å². The van der Waals surface area contributed by atoms with Gasteiger partial charge in [0.2, 0.25) is 6.79 Å². The Kier molecular flexibility index (Phi) is 5.76. The van der Waals surface area contributed by atoms with E-state index in [0.717, 1.165) is 47.6 Å². The second-order valence-corrected chi connectivity index (χ2v) is 9.37. The molecule has 3 aromatic carbocycles. The summed E-state index contributed by atoms with van der Waals surface area (Å²) in [6.07, 6.45) is 0. The molecule has 0 atom stereocenters. The quantitative estimate of drug-likeness (QED) is 0.476. The first-order valence-corrected chi connectivity index (χ1v) is 12.2. The van der Waals surface area contributed by atoms with Crippen LogP contribution in [0.15, 0.2) is 72.8 Å². The maximum atomic E-state index is 13.7. The first-order chi connectivity index (χ1) is 17.2. The molecule has 4 aromatic rings.